The number of hydrogen-bond acceptors (Lipinski definition) is 3. The quantitative estimate of drug-likeness (QED) is 0.891. The lowest BCUT2D eigenvalue weighted by molar-refractivity contribution is 0.385. The molecule has 0 fully saturated rings. The molecule has 2 aromatic carbocycles. The second-order valence-corrected chi connectivity index (χ2v) is 5.56. The highest BCUT2D eigenvalue weighted by atomic mass is 19.1. The van der Waals surface area contributed by atoms with Crippen LogP contribution in [0.25, 0.3) is 0 Å². The molecule has 1 heterocycles. The molecule has 0 bridgehead atoms. The van der Waals surface area contributed by atoms with Crippen LogP contribution in [0.3, 0.4) is 0 Å². The molecular formula is C18H21FN2O. The molecule has 0 unspecified atom stereocenters. The predicted molar refractivity (Wildman–Crippen MR) is 85.5 cm³/mol. The molecule has 4 heteroatoms. The lowest BCUT2D eigenvalue weighted by atomic mass is 9.94. The highest BCUT2D eigenvalue weighted by Crippen LogP contribution is 2.22. The zero-order valence-corrected chi connectivity index (χ0v) is 12.7. The number of fused-ring (bicyclic) bond motifs is 1. The van der Waals surface area contributed by atoms with Crippen LogP contribution < -0.4 is 15.4 Å². The van der Waals surface area contributed by atoms with E-state index in [-0.39, 0.29) is 5.82 Å². The molecule has 1 atom stereocenters. The van der Waals surface area contributed by atoms with E-state index in [1.807, 2.05) is 0 Å². The number of hydrogen-bond donors (Lipinski definition) is 2. The Morgan fingerprint density at radius 2 is 2.14 bits per heavy atom. The Hall–Kier alpha value is -1.91. The van der Waals surface area contributed by atoms with Crippen molar-refractivity contribution in [3.63, 3.8) is 0 Å². The Bertz CT molecular complexity index is 645. The zero-order chi connectivity index (χ0) is 15.4. The van der Waals surface area contributed by atoms with Crippen LogP contribution in [0.4, 0.5) is 4.39 Å². The average molecular weight is 300 g/mol. The molecule has 2 N–H and O–H groups in total. The van der Waals surface area contributed by atoms with Crippen LogP contribution >= 0.6 is 0 Å². The van der Waals surface area contributed by atoms with E-state index in [2.05, 4.69) is 34.9 Å². The molecule has 0 amide bonds. The van der Waals surface area contributed by atoms with Crippen LogP contribution in [0.2, 0.25) is 0 Å². The van der Waals surface area contributed by atoms with Gasteiger partial charge in [-0.1, -0.05) is 30.3 Å². The maximum Gasteiger partial charge on any atom is 0.165 e. The molecule has 0 radical (unpaired) electrons. The predicted octanol–water partition coefficient (Wildman–Crippen LogP) is 2.81. The molecule has 116 valence electrons. The molecule has 0 saturated carbocycles. The smallest absolute Gasteiger partial charge is 0.165 e. The molecule has 1 aliphatic heterocycles. The van der Waals surface area contributed by atoms with Crippen molar-refractivity contribution >= 4 is 0 Å². The number of ether oxygens (including phenoxy) is 1. The third-order valence-electron chi connectivity index (χ3n) is 4.11. The third-order valence-corrected chi connectivity index (χ3v) is 4.11. The molecule has 0 spiro atoms. The standard InChI is InChI=1S/C18H21FN2O/c1-22-18-10-13(6-7-16(18)19)11-20-12-17-15-5-3-2-4-14(15)8-9-21-17/h2-7,10,17,20-21H,8-9,11-12H2,1H3/t17-/m1/s1. The van der Waals surface area contributed by atoms with Gasteiger partial charge in [-0.25, -0.2) is 4.39 Å². The first-order chi connectivity index (χ1) is 10.8. The second kappa shape index (κ2) is 6.90. The minimum absolute atomic E-state index is 0.292. The van der Waals surface area contributed by atoms with E-state index in [1.165, 1.54) is 24.3 Å². The van der Waals surface area contributed by atoms with Crippen molar-refractivity contribution in [3.8, 4) is 5.75 Å². The molecule has 2 aromatic rings. The molecule has 0 saturated heterocycles. The molecular weight excluding hydrogens is 279 g/mol. The molecule has 0 aliphatic carbocycles. The van der Waals surface area contributed by atoms with Crippen molar-refractivity contribution in [2.45, 2.75) is 19.0 Å². The van der Waals surface area contributed by atoms with Gasteiger partial charge >= 0.3 is 0 Å². The SMILES string of the molecule is COc1cc(CNC[C@H]2NCCc3ccccc32)ccc1F. The fraction of sp³-hybridized carbons (Fsp3) is 0.333. The Morgan fingerprint density at radius 1 is 1.27 bits per heavy atom. The summed E-state index contributed by atoms with van der Waals surface area (Å²) in [4.78, 5) is 0. The number of halogens is 1. The summed E-state index contributed by atoms with van der Waals surface area (Å²) in [5.41, 5.74) is 3.82. The van der Waals surface area contributed by atoms with E-state index in [0.717, 1.165) is 25.1 Å². The topological polar surface area (TPSA) is 33.3 Å². The zero-order valence-electron chi connectivity index (χ0n) is 12.7. The summed E-state index contributed by atoms with van der Waals surface area (Å²) in [6.07, 6.45) is 1.09. The molecule has 0 aromatic heterocycles. The van der Waals surface area contributed by atoms with Crippen molar-refractivity contribution < 1.29 is 9.13 Å². The fourth-order valence-electron chi connectivity index (χ4n) is 2.95. The van der Waals surface area contributed by atoms with Crippen LogP contribution in [0.1, 0.15) is 22.7 Å². The summed E-state index contributed by atoms with van der Waals surface area (Å²) in [7, 11) is 1.48. The average Bonchev–Trinajstić information content (AvgIpc) is 2.56. The largest absolute Gasteiger partial charge is 0.494 e. The Kier molecular flexibility index (Phi) is 4.71. The van der Waals surface area contributed by atoms with Crippen LogP contribution in [0, 0.1) is 5.82 Å². The van der Waals surface area contributed by atoms with Gasteiger partial charge in [0.15, 0.2) is 11.6 Å². The van der Waals surface area contributed by atoms with Crippen molar-refractivity contribution in [1.82, 2.24) is 10.6 Å². The van der Waals surface area contributed by atoms with Crippen molar-refractivity contribution in [3.05, 3.63) is 65.0 Å². The summed E-state index contributed by atoms with van der Waals surface area (Å²) in [6, 6.07) is 13.9. The maximum absolute atomic E-state index is 13.4. The Balaban J connectivity index is 1.60. The Labute approximate surface area is 130 Å². The van der Waals surface area contributed by atoms with E-state index in [4.69, 9.17) is 4.74 Å². The minimum Gasteiger partial charge on any atom is -0.494 e. The monoisotopic (exact) mass is 300 g/mol. The minimum atomic E-state index is -0.325. The van der Waals surface area contributed by atoms with Gasteiger partial charge in [0, 0.05) is 19.1 Å². The van der Waals surface area contributed by atoms with Gasteiger partial charge in [-0.3, -0.25) is 0 Å². The number of benzene rings is 2. The fourth-order valence-corrected chi connectivity index (χ4v) is 2.95. The third kappa shape index (κ3) is 3.29. The molecule has 22 heavy (non-hydrogen) atoms. The first kappa shape index (κ1) is 15.0. The van der Waals surface area contributed by atoms with Gasteiger partial charge in [0.1, 0.15) is 0 Å². The second-order valence-electron chi connectivity index (χ2n) is 5.56. The number of methoxy groups -OCH3 is 1. The first-order valence-corrected chi connectivity index (χ1v) is 7.62. The van der Waals surface area contributed by atoms with E-state index in [1.54, 1.807) is 12.1 Å². The highest BCUT2D eigenvalue weighted by Gasteiger charge is 2.18. The van der Waals surface area contributed by atoms with Gasteiger partial charge in [0.25, 0.3) is 0 Å². The van der Waals surface area contributed by atoms with Gasteiger partial charge in [-0.15, -0.1) is 0 Å². The van der Waals surface area contributed by atoms with Crippen molar-refractivity contribution in [2.75, 3.05) is 20.2 Å². The van der Waals surface area contributed by atoms with Crippen LogP contribution in [-0.4, -0.2) is 20.2 Å². The van der Waals surface area contributed by atoms with E-state index < -0.39 is 0 Å². The van der Waals surface area contributed by atoms with Gasteiger partial charge in [0.2, 0.25) is 0 Å². The van der Waals surface area contributed by atoms with E-state index >= 15 is 0 Å². The van der Waals surface area contributed by atoms with Gasteiger partial charge < -0.3 is 15.4 Å². The van der Waals surface area contributed by atoms with Crippen molar-refractivity contribution in [1.29, 1.82) is 0 Å². The highest BCUT2D eigenvalue weighted by molar-refractivity contribution is 5.33. The van der Waals surface area contributed by atoms with E-state index in [0.29, 0.717) is 18.3 Å². The number of rotatable bonds is 5. The number of nitrogens with one attached hydrogen (secondary N) is 2. The summed E-state index contributed by atoms with van der Waals surface area (Å²) < 4.78 is 18.4. The molecule has 1 aliphatic rings. The summed E-state index contributed by atoms with van der Waals surface area (Å²) in [5, 5.41) is 6.99. The van der Waals surface area contributed by atoms with Crippen molar-refractivity contribution in [2.24, 2.45) is 0 Å². The van der Waals surface area contributed by atoms with Gasteiger partial charge in [-0.05, 0) is 41.8 Å². The summed E-state index contributed by atoms with van der Waals surface area (Å²) >= 11 is 0. The Morgan fingerprint density at radius 3 is 3.00 bits per heavy atom. The van der Waals surface area contributed by atoms with Gasteiger partial charge in [-0.2, -0.15) is 0 Å². The van der Waals surface area contributed by atoms with Crippen LogP contribution in [0.15, 0.2) is 42.5 Å². The van der Waals surface area contributed by atoms with Crippen LogP contribution in [0.5, 0.6) is 5.75 Å². The van der Waals surface area contributed by atoms with Gasteiger partial charge in [0.05, 0.1) is 7.11 Å². The first-order valence-electron chi connectivity index (χ1n) is 7.62. The van der Waals surface area contributed by atoms with Crippen LogP contribution in [-0.2, 0) is 13.0 Å². The lowest BCUT2D eigenvalue weighted by Gasteiger charge is -2.27. The molecule has 3 nitrogen and oxygen atoms in total. The summed E-state index contributed by atoms with van der Waals surface area (Å²) in [6.45, 7) is 2.54. The normalized spacial score (nSPS) is 17.1. The van der Waals surface area contributed by atoms with E-state index in [9.17, 15) is 4.39 Å². The summed E-state index contributed by atoms with van der Waals surface area (Å²) in [5.74, 6) is -0.0328. The molecule has 3 rings (SSSR count). The lowest BCUT2D eigenvalue weighted by Crippen LogP contribution is -2.36. The maximum atomic E-state index is 13.4.